The highest BCUT2D eigenvalue weighted by atomic mass is 16.2. The van der Waals surface area contributed by atoms with Crippen molar-refractivity contribution in [2.45, 2.75) is 86.4 Å². The topological polar surface area (TPSA) is 113 Å². The Morgan fingerprint density at radius 3 is 2.49 bits per heavy atom. The molecule has 3 amide bonds. The van der Waals surface area contributed by atoms with Crippen molar-refractivity contribution in [2.24, 2.45) is 5.92 Å². The van der Waals surface area contributed by atoms with Gasteiger partial charge in [0.1, 0.15) is 17.7 Å². The maximum Gasteiger partial charge on any atom is 0.254 e. The summed E-state index contributed by atoms with van der Waals surface area (Å²) >= 11 is 0. The maximum absolute atomic E-state index is 14.2. The van der Waals surface area contributed by atoms with Crippen molar-refractivity contribution < 1.29 is 14.4 Å². The fraction of sp³-hybridized carbons (Fsp3) is 0.548. The van der Waals surface area contributed by atoms with Gasteiger partial charge in [-0.25, -0.2) is 9.67 Å². The molecular weight excluding hydrogens is 518 g/mol. The molecule has 2 aromatic heterocycles. The molecule has 4 rings (SSSR count). The summed E-state index contributed by atoms with van der Waals surface area (Å²) in [6, 6.07) is 4.93. The van der Waals surface area contributed by atoms with Crippen molar-refractivity contribution in [3.63, 3.8) is 0 Å². The lowest BCUT2D eigenvalue weighted by Crippen LogP contribution is -2.47. The summed E-state index contributed by atoms with van der Waals surface area (Å²) in [4.78, 5) is 53.2. The van der Waals surface area contributed by atoms with Crippen LogP contribution in [-0.2, 0) is 16.1 Å². The van der Waals surface area contributed by atoms with E-state index in [2.05, 4.69) is 30.3 Å². The number of nitrogens with zero attached hydrogens (tertiary/aromatic N) is 6. The number of pyridine rings is 1. The number of benzene rings is 1. The largest absolute Gasteiger partial charge is 0.344 e. The number of carbonyl (C=O) groups is 3. The number of likely N-dealkylation sites (N-methyl/N-ethyl adjacent to an activating group) is 1. The second kappa shape index (κ2) is 12.4. The average molecular weight is 562 g/mol. The van der Waals surface area contributed by atoms with E-state index in [0.29, 0.717) is 49.7 Å². The molecular formula is C31H43N7O3. The Hall–Kier alpha value is -3.82. The molecule has 3 heterocycles. The lowest BCUT2D eigenvalue weighted by atomic mass is 10.0. The van der Waals surface area contributed by atoms with E-state index < -0.39 is 6.04 Å². The molecule has 0 aliphatic carbocycles. The van der Waals surface area contributed by atoms with Gasteiger partial charge >= 0.3 is 0 Å². The summed E-state index contributed by atoms with van der Waals surface area (Å²) in [6.45, 7) is 14.9. The molecule has 41 heavy (non-hydrogen) atoms. The number of aryl methyl sites for hydroxylation is 4. The van der Waals surface area contributed by atoms with Crippen molar-refractivity contribution in [2.75, 3.05) is 20.1 Å². The smallest absolute Gasteiger partial charge is 0.254 e. The van der Waals surface area contributed by atoms with E-state index in [1.54, 1.807) is 14.0 Å². The van der Waals surface area contributed by atoms with Gasteiger partial charge in [0.25, 0.3) is 5.91 Å². The monoisotopic (exact) mass is 561 g/mol. The van der Waals surface area contributed by atoms with E-state index in [1.165, 1.54) is 4.90 Å². The molecule has 0 unspecified atom stereocenters. The van der Waals surface area contributed by atoms with Crippen molar-refractivity contribution in [3.05, 3.63) is 52.2 Å². The average Bonchev–Trinajstić information content (AvgIpc) is 3.28. The Morgan fingerprint density at radius 1 is 1.05 bits per heavy atom. The Labute approximate surface area is 242 Å². The number of hydrogen-bond donors (Lipinski definition) is 1. The van der Waals surface area contributed by atoms with Crippen LogP contribution >= 0.6 is 0 Å². The molecule has 0 bridgehead atoms. The third-order valence-electron chi connectivity index (χ3n) is 7.79. The summed E-state index contributed by atoms with van der Waals surface area (Å²) in [5.74, 6) is 1.09. The Balaban J connectivity index is 1.75. The van der Waals surface area contributed by atoms with Crippen LogP contribution in [0.1, 0.15) is 84.9 Å². The van der Waals surface area contributed by atoms with Gasteiger partial charge in [-0.2, -0.15) is 5.10 Å². The van der Waals surface area contributed by atoms with Crippen LogP contribution in [0.15, 0.2) is 18.2 Å². The van der Waals surface area contributed by atoms with E-state index in [-0.39, 0.29) is 36.1 Å². The fourth-order valence-corrected chi connectivity index (χ4v) is 5.56. The van der Waals surface area contributed by atoms with Crippen LogP contribution in [0.4, 0.5) is 0 Å². The molecule has 0 saturated carbocycles. The third-order valence-corrected chi connectivity index (χ3v) is 7.79. The molecule has 0 radical (unpaired) electrons. The van der Waals surface area contributed by atoms with Crippen LogP contribution in [0.3, 0.4) is 0 Å². The minimum Gasteiger partial charge on any atom is -0.344 e. The molecule has 0 saturated heterocycles. The molecule has 0 spiro atoms. The lowest BCUT2D eigenvalue weighted by Gasteiger charge is -2.29. The van der Waals surface area contributed by atoms with Crippen LogP contribution in [-0.4, -0.2) is 73.4 Å². The number of fused-ring (bicyclic) bond motifs is 2. The summed E-state index contributed by atoms with van der Waals surface area (Å²) in [5.41, 5.74) is 4.31. The Kier molecular flexibility index (Phi) is 9.09. The standard InChI is InChI=1S/C31H43N7O3/c1-18(2)14-26-29-33-23(7)35-38(29)13-12-37(11-9-10-27(39)36(8)22(6)30(40)34-26)31(41)25-17-21(5)32-28-20(4)15-19(3)16-24(25)28/h15-18,22,26H,9-14H2,1-8H3,(H,34,40)/t22-,26+/m0/s1. The second-order valence-corrected chi connectivity index (χ2v) is 11.8. The molecule has 220 valence electrons. The van der Waals surface area contributed by atoms with E-state index in [0.717, 1.165) is 27.7 Å². The van der Waals surface area contributed by atoms with Gasteiger partial charge in [-0.05, 0) is 71.1 Å². The van der Waals surface area contributed by atoms with Gasteiger partial charge in [-0.3, -0.25) is 19.4 Å². The maximum atomic E-state index is 14.2. The fourth-order valence-electron chi connectivity index (χ4n) is 5.56. The van der Waals surface area contributed by atoms with E-state index in [1.807, 2.05) is 49.4 Å². The number of nitrogens with one attached hydrogen (secondary N) is 1. The van der Waals surface area contributed by atoms with E-state index in [9.17, 15) is 14.4 Å². The SMILES string of the molecule is Cc1cc(C)c2nc(C)cc(C(=O)N3CCCC(=O)N(C)[C@@H](C)C(=O)N[C@H](CC(C)C)c4nc(C)nn4CC3)c2c1. The van der Waals surface area contributed by atoms with Gasteiger partial charge in [0.2, 0.25) is 11.8 Å². The molecule has 1 aromatic carbocycles. The summed E-state index contributed by atoms with van der Waals surface area (Å²) in [7, 11) is 1.65. The van der Waals surface area contributed by atoms with Gasteiger partial charge in [0.05, 0.1) is 23.7 Å². The molecule has 2 atom stereocenters. The third kappa shape index (κ3) is 6.74. The minimum absolute atomic E-state index is 0.0998. The zero-order valence-corrected chi connectivity index (χ0v) is 25.6. The van der Waals surface area contributed by atoms with Gasteiger partial charge in [-0.15, -0.1) is 0 Å². The Bertz CT molecular complexity index is 1460. The molecule has 1 aliphatic rings. The minimum atomic E-state index is -0.645. The first-order chi connectivity index (χ1) is 19.3. The van der Waals surface area contributed by atoms with E-state index in [4.69, 9.17) is 9.97 Å². The summed E-state index contributed by atoms with van der Waals surface area (Å²) in [5, 5.41) is 8.60. The molecule has 1 aliphatic heterocycles. The van der Waals surface area contributed by atoms with Gasteiger partial charge in [0, 0.05) is 37.6 Å². The van der Waals surface area contributed by atoms with Crippen LogP contribution in [0, 0.1) is 33.6 Å². The number of amides is 3. The van der Waals surface area contributed by atoms with Crippen LogP contribution in [0.5, 0.6) is 0 Å². The van der Waals surface area contributed by atoms with Crippen molar-refractivity contribution >= 4 is 28.6 Å². The number of rotatable bonds is 3. The zero-order chi connectivity index (χ0) is 30.0. The first kappa shape index (κ1) is 30.1. The van der Waals surface area contributed by atoms with Crippen LogP contribution in [0.2, 0.25) is 0 Å². The highest BCUT2D eigenvalue weighted by molar-refractivity contribution is 6.07. The van der Waals surface area contributed by atoms with Gasteiger partial charge in [-0.1, -0.05) is 25.5 Å². The quantitative estimate of drug-likeness (QED) is 0.516. The van der Waals surface area contributed by atoms with Gasteiger partial charge < -0.3 is 15.1 Å². The summed E-state index contributed by atoms with van der Waals surface area (Å²) < 4.78 is 1.82. The molecule has 0 fully saturated rings. The predicted octanol–water partition coefficient (Wildman–Crippen LogP) is 4.05. The first-order valence-electron chi connectivity index (χ1n) is 14.5. The van der Waals surface area contributed by atoms with Crippen molar-refractivity contribution in [3.8, 4) is 0 Å². The molecule has 3 aromatic rings. The van der Waals surface area contributed by atoms with Crippen molar-refractivity contribution in [1.29, 1.82) is 0 Å². The van der Waals surface area contributed by atoms with Crippen LogP contribution in [0.25, 0.3) is 10.9 Å². The van der Waals surface area contributed by atoms with Crippen LogP contribution < -0.4 is 5.32 Å². The predicted molar refractivity (Wildman–Crippen MR) is 158 cm³/mol. The van der Waals surface area contributed by atoms with Gasteiger partial charge in [0.15, 0.2) is 0 Å². The number of carbonyl (C=O) groups excluding carboxylic acids is 3. The Morgan fingerprint density at radius 2 is 1.78 bits per heavy atom. The number of aromatic nitrogens is 4. The van der Waals surface area contributed by atoms with Crippen molar-refractivity contribution in [1.82, 2.24) is 34.9 Å². The molecule has 1 N–H and O–H groups in total. The second-order valence-electron chi connectivity index (χ2n) is 11.8. The zero-order valence-electron chi connectivity index (χ0n) is 25.6. The summed E-state index contributed by atoms with van der Waals surface area (Å²) in [6.07, 6.45) is 1.37. The highest BCUT2D eigenvalue weighted by Gasteiger charge is 2.29. The highest BCUT2D eigenvalue weighted by Crippen LogP contribution is 2.26. The normalized spacial score (nSPS) is 19.3. The van der Waals surface area contributed by atoms with E-state index >= 15 is 0 Å². The molecule has 10 nitrogen and oxygen atoms in total. The molecule has 10 heteroatoms. The first-order valence-corrected chi connectivity index (χ1v) is 14.5. The lowest BCUT2D eigenvalue weighted by molar-refractivity contribution is -0.138. The number of hydrogen-bond acceptors (Lipinski definition) is 6.